The van der Waals surface area contributed by atoms with Gasteiger partial charge in [0.1, 0.15) is 13.2 Å². The topological polar surface area (TPSA) is 78.9 Å². The molecule has 0 aliphatic rings. The first-order valence-electron chi connectivity index (χ1n) is 32.3. The summed E-state index contributed by atoms with van der Waals surface area (Å²) in [6.45, 7) is 6.50. The van der Waals surface area contributed by atoms with Crippen LogP contribution in [0.25, 0.3) is 0 Å². The molecule has 0 fully saturated rings. The van der Waals surface area contributed by atoms with Gasteiger partial charge in [-0.05, 0) is 83.5 Å². The van der Waals surface area contributed by atoms with Crippen LogP contribution in [0.4, 0.5) is 0 Å². The van der Waals surface area contributed by atoms with E-state index in [1.165, 1.54) is 205 Å². The maximum Gasteiger partial charge on any atom is 0.306 e. The van der Waals surface area contributed by atoms with Crippen LogP contribution in [0.5, 0.6) is 0 Å². The SMILES string of the molecule is CC/C=C\C/C=C\C/C=C\C/C=C\CCCCC(=O)OC(COC(=O)CCCCCCC/C=C\CCCCC)COC(=O)CCCCCCCCCCCCCCCCCCCCCCCCCCCCCCC. The van der Waals surface area contributed by atoms with Gasteiger partial charge in [0, 0.05) is 19.3 Å². The van der Waals surface area contributed by atoms with E-state index in [1.807, 2.05) is 0 Å². The number of carbonyl (C=O) groups excluding carboxylic acids is 3. The van der Waals surface area contributed by atoms with Gasteiger partial charge in [0.15, 0.2) is 6.10 Å². The van der Waals surface area contributed by atoms with E-state index in [0.717, 1.165) is 83.5 Å². The summed E-state index contributed by atoms with van der Waals surface area (Å²) >= 11 is 0. The second-order valence-corrected chi connectivity index (χ2v) is 21.6. The van der Waals surface area contributed by atoms with Crippen LogP contribution < -0.4 is 0 Å². The number of allylic oxidation sites excluding steroid dienone is 10. The lowest BCUT2D eigenvalue weighted by Gasteiger charge is -2.18. The number of ether oxygens (including phenoxy) is 3. The zero-order chi connectivity index (χ0) is 53.6. The largest absolute Gasteiger partial charge is 0.462 e. The Hall–Kier alpha value is -2.89. The van der Waals surface area contributed by atoms with Crippen molar-refractivity contribution in [1.82, 2.24) is 0 Å². The van der Waals surface area contributed by atoms with E-state index >= 15 is 0 Å². The lowest BCUT2D eigenvalue weighted by atomic mass is 10.0. The van der Waals surface area contributed by atoms with Crippen LogP contribution in [0.2, 0.25) is 0 Å². The van der Waals surface area contributed by atoms with Crippen molar-refractivity contribution in [3.63, 3.8) is 0 Å². The molecule has 0 aromatic heterocycles. The lowest BCUT2D eigenvalue weighted by Crippen LogP contribution is -2.30. The monoisotopic (exact) mass is 1030 g/mol. The Balaban J connectivity index is 4.17. The average molecular weight is 1040 g/mol. The Bertz CT molecular complexity index is 1330. The molecule has 0 bridgehead atoms. The van der Waals surface area contributed by atoms with Crippen LogP contribution in [-0.4, -0.2) is 37.2 Å². The summed E-state index contributed by atoms with van der Waals surface area (Å²) in [6, 6.07) is 0. The molecule has 0 aliphatic carbocycles. The van der Waals surface area contributed by atoms with Gasteiger partial charge in [0.25, 0.3) is 0 Å². The van der Waals surface area contributed by atoms with Crippen LogP contribution in [0.15, 0.2) is 60.8 Å². The molecule has 1 atom stereocenters. The third kappa shape index (κ3) is 60.0. The molecule has 0 aliphatic heterocycles. The van der Waals surface area contributed by atoms with Crippen LogP contribution in [0.3, 0.4) is 0 Å². The third-order valence-electron chi connectivity index (χ3n) is 14.3. The standard InChI is InChI=1S/C68H122O6/c1-4-7-10-13-16-19-22-25-27-28-29-30-31-32-33-34-35-36-37-38-39-40-42-43-46-49-52-55-58-61-67(70)73-64-65(63-72-66(69)60-57-54-51-48-45-24-21-18-15-12-9-6-3)74-68(71)62-59-56-53-50-47-44-41-26-23-20-17-14-11-8-5-2/h8,11,17-18,20-21,26,41,47,50,65H,4-7,9-10,12-16,19,22-25,27-40,42-46,48-49,51-64H2,1-3H3/b11-8-,20-17-,21-18-,41-26-,50-47-. The molecule has 6 nitrogen and oxygen atoms in total. The van der Waals surface area contributed by atoms with Gasteiger partial charge in [-0.3, -0.25) is 14.4 Å². The predicted octanol–water partition coefficient (Wildman–Crippen LogP) is 21.9. The molecule has 0 spiro atoms. The van der Waals surface area contributed by atoms with E-state index in [2.05, 4.69) is 81.5 Å². The summed E-state index contributed by atoms with van der Waals surface area (Å²) in [6.07, 6.45) is 79.7. The van der Waals surface area contributed by atoms with Gasteiger partial charge in [-0.2, -0.15) is 0 Å². The first kappa shape index (κ1) is 71.1. The van der Waals surface area contributed by atoms with Gasteiger partial charge in [0.05, 0.1) is 0 Å². The van der Waals surface area contributed by atoms with Crippen molar-refractivity contribution in [3.05, 3.63) is 60.8 Å². The molecule has 1 unspecified atom stereocenters. The molecule has 6 heteroatoms. The van der Waals surface area contributed by atoms with E-state index in [9.17, 15) is 14.4 Å². The quantitative estimate of drug-likeness (QED) is 0.0261. The summed E-state index contributed by atoms with van der Waals surface area (Å²) in [7, 11) is 0. The average Bonchev–Trinajstić information content (AvgIpc) is 3.40. The summed E-state index contributed by atoms with van der Waals surface area (Å²) in [5.74, 6) is -0.928. The molecule has 0 aromatic rings. The molecule has 0 saturated carbocycles. The van der Waals surface area contributed by atoms with Crippen molar-refractivity contribution in [2.24, 2.45) is 0 Å². The van der Waals surface area contributed by atoms with Gasteiger partial charge in [-0.25, -0.2) is 0 Å². The zero-order valence-corrected chi connectivity index (χ0v) is 49.4. The molecule has 0 rings (SSSR count). The number of esters is 3. The number of hydrogen-bond donors (Lipinski definition) is 0. The van der Waals surface area contributed by atoms with Gasteiger partial charge in [-0.15, -0.1) is 0 Å². The second kappa shape index (κ2) is 62.6. The summed E-state index contributed by atoms with van der Waals surface area (Å²) < 4.78 is 16.8. The van der Waals surface area contributed by atoms with Gasteiger partial charge in [0.2, 0.25) is 0 Å². The molecular formula is C68H122O6. The van der Waals surface area contributed by atoms with Crippen molar-refractivity contribution in [2.45, 2.75) is 341 Å². The van der Waals surface area contributed by atoms with Crippen molar-refractivity contribution in [1.29, 1.82) is 0 Å². The molecule has 0 aromatic carbocycles. The normalized spacial score (nSPS) is 12.4. The van der Waals surface area contributed by atoms with Gasteiger partial charge >= 0.3 is 17.9 Å². The van der Waals surface area contributed by atoms with Crippen molar-refractivity contribution in [2.75, 3.05) is 13.2 Å². The molecule has 0 heterocycles. The molecule has 0 N–H and O–H groups in total. The first-order valence-corrected chi connectivity index (χ1v) is 32.3. The molecule has 0 saturated heterocycles. The number of rotatable bonds is 59. The fourth-order valence-corrected chi connectivity index (χ4v) is 9.43. The predicted molar refractivity (Wildman–Crippen MR) is 321 cm³/mol. The zero-order valence-electron chi connectivity index (χ0n) is 49.4. The Morgan fingerprint density at radius 3 is 0.892 bits per heavy atom. The summed E-state index contributed by atoms with van der Waals surface area (Å²) in [5, 5.41) is 0. The fraction of sp³-hybridized carbons (Fsp3) is 0.809. The third-order valence-corrected chi connectivity index (χ3v) is 14.3. The van der Waals surface area contributed by atoms with Gasteiger partial charge < -0.3 is 14.2 Å². The van der Waals surface area contributed by atoms with Crippen LogP contribution in [0.1, 0.15) is 335 Å². The van der Waals surface area contributed by atoms with Crippen molar-refractivity contribution >= 4 is 17.9 Å². The van der Waals surface area contributed by atoms with Crippen LogP contribution in [-0.2, 0) is 28.6 Å². The smallest absolute Gasteiger partial charge is 0.306 e. The van der Waals surface area contributed by atoms with Gasteiger partial charge in [-0.1, -0.05) is 293 Å². The number of carbonyl (C=O) groups is 3. The summed E-state index contributed by atoms with van der Waals surface area (Å²) in [4.78, 5) is 38.2. The molecule has 0 amide bonds. The highest BCUT2D eigenvalue weighted by Gasteiger charge is 2.19. The Kier molecular flexibility index (Phi) is 60.2. The Morgan fingerprint density at radius 1 is 0.284 bits per heavy atom. The minimum absolute atomic E-state index is 0.0909. The highest BCUT2D eigenvalue weighted by molar-refractivity contribution is 5.71. The maximum atomic E-state index is 12.8. The fourth-order valence-electron chi connectivity index (χ4n) is 9.43. The van der Waals surface area contributed by atoms with E-state index in [4.69, 9.17) is 14.2 Å². The minimum Gasteiger partial charge on any atom is -0.462 e. The van der Waals surface area contributed by atoms with Crippen molar-refractivity contribution < 1.29 is 28.6 Å². The Labute approximate surface area is 460 Å². The number of unbranched alkanes of at least 4 members (excludes halogenated alkanes) is 38. The highest BCUT2D eigenvalue weighted by Crippen LogP contribution is 2.18. The molecular weight excluding hydrogens is 913 g/mol. The van der Waals surface area contributed by atoms with E-state index in [1.54, 1.807) is 0 Å². The van der Waals surface area contributed by atoms with E-state index in [-0.39, 0.29) is 37.5 Å². The van der Waals surface area contributed by atoms with E-state index < -0.39 is 6.10 Å². The second-order valence-electron chi connectivity index (χ2n) is 21.6. The van der Waals surface area contributed by atoms with Crippen LogP contribution >= 0.6 is 0 Å². The van der Waals surface area contributed by atoms with Crippen LogP contribution in [0, 0.1) is 0 Å². The first-order chi connectivity index (χ1) is 36.5. The minimum atomic E-state index is -0.798. The lowest BCUT2D eigenvalue weighted by molar-refractivity contribution is -0.167. The maximum absolute atomic E-state index is 12.8. The summed E-state index contributed by atoms with van der Waals surface area (Å²) in [5.41, 5.74) is 0. The van der Waals surface area contributed by atoms with E-state index in [0.29, 0.717) is 19.3 Å². The number of hydrogen-bond acceptors (Lipinski definition) is 6. The highest BCUT2D eigenvalue weighted by atomic mass is 16.6. The molecule has 0 radical (unpaired) electrons. The molecule has 74 heavy (non-hydrogen) atoms. The van der Waals surface area contributed by atoms with Crippen molar-refractivity contribution in [3.8, 4) is 0 Å². The molecule has 430 valence electrons. The Morgan fingerprint density at radius 2 is 0.527 bits per heavy atom.